The van der Waals surface area contributed by atoms with Crippen LogP contribution in [0.15, 0.2) is 4.79 Å². The van der Waals surface area contributed by atoms with Crippen molar-refractivity contribution in [2.24, 2.45) is 0 Å². The fourth-order valence-corrected chi connectivity index (χ4v) is 1.66. The van der Waals surface area contributed by atoms with E-state index >= 15 is 0 Å². The number of rotatable bonds is 3. The first-order valence-corrected chi connectivity index (χ1v) is 4.69. The molecule has 0 amide bonds. The third kappa shape index (κ3) is 1.79. The van der Waals surface area contributed by atoms with Gasteiger partial charge >= 0.3 is 5.69 Å². The number of aliphatic hydroxyl groups is 1. The van der Waals surface area contributed by atoms with Gasteiger partial charge in [-0.3, -0.25) is 4.57 Å². The van der Waals surface area contributed by atoms with Gasteiger partial charge in [-0.15, -0.1) is 0 Å². The van der Waals surface area contributed by atoms with Crippen LogP contribution in [0, 0.1) is 0 Å². The smallest absolute Gasteiger partial charge is 0.346 e. The standard InChI is InChI=1S/C8H11F2N3O2/c9-8(10,5-14)4-13-7(15)12-3-1-2-6(12)11-13/h14H,1-5H2. The molecule has 0 unspecified atom stereocenters. The van der Waals surface area contributed by atoms with Crippen molar-refractivity contribution in [1.82, 2.24) is 14.3 Å². The summed E-state index contributed by atoms with van der Waals surface area (Å²) >= 11 is 0. The van der Waals surface area contributed by atoms with E-state index in [4.69, 9.17) is 5.11 Å². The van der Waals surface area contributed by atoms with E-state index in [-0.39, 0.29) is 0 Å². The molecule has 15 heavy (non-hydrogen) atoms. The summed E-state index contributed by atoms with van der Waals surface area (Å²) in [6.07, 6.45) is 1.47. The highest BCUT2D eigenvalue weighted by molar-refractivity contribution is 4.93. The van der Waals surface area contributed by atoms with E-state index in [9.17, 15) is 13.6 Å². The molecule has 0 saturated heterocycles. The van der Waals surface area contributed by atoms with Gasteiger partial charge in [0, 0.05) is 13.0 Å². The molecule has 0 radical (unpaired) electrons. The number of fused-ring (bicyclic) bond motifs is 1. The Labute approximate surface area is 83.9 Å². The average Bonchev–Trinajstić information content (AvgIpc) is 2.72. The van der Waals surface area contributed by atoms with Crippen molar-refractivity contribution in [2.75, 3.05) is 6.61 Å². The van der Waals surface area contributed by atoms with Crippen LogP contribution in [0.3, 0.4) is 0 Å². The Morgan fingerprint density at radius 3 is 2.87 bits per heavy atom. The first-order chi connectivity index (χ1) is 7.03. The number of aryl methyl sites for hydroxylation is 1. The Kier molecular flexibility index (Phi) is 2.34. The lowest BCUT2D eigenvalue weighted by Crippen LogP contribution is -2.35. The highest BCUT2D eigenvalue weighted by Gasteiger charge is 2.31. The molecule has 0 aliphatic carbocycles. The van der Waals surface area contributed by atoms with Gasteiger partial charge in [0.15, 0.2) is 0 Å². The summed E-state index contributed by atoms with van der Waals surface area (Å²) < 4.78 is 27.8. The SMILES string of the molecule is O=c1n(CC(F)(F)CO)nc2n1CCC2. The quantitative estimate of drug-likeness (QED) is 0.753. The van der Waals surface area contributed by atoms with Gasteiger partial charge in [0.1, 0.15) is 19.0 Å². The summed E-state index contributed by atoms with van der Waals surface area (Å²) in [6.45, 7) is -1.59. The van der Waals surface area contributed by atoms with Crippen LogP contribution in [0.2, 0.25) is 0 Å². The molecule has 0 atom stereocenters. The second-order valence-electron chi connectivity index (χ2n) is 3.63. The van der Waals surface area contributed by atoms with E-state index in [1.807, 2.05) is 0 Å². The fraction of sp³-hybridized carbons (Fsp3) is 0.750. The number of alkyl halides is 2. The molecule has 0 spiro atoms. The van der Waals surface area contributed by atoms with Crippen LogP contribution < -0.4 is 5.69 Å². The zero-order chi connectivity index (χ0) is 11.1. The summed E-state index contributed by atoms with van der Waals surface area (Å²) in [7, 11) is 0. The molecule has 5 nitrogen and oxygen atoms in total. The normalized spacial score (nSPS) is 15.7. The van der Waals surface area contributed by atoms with E-state index in [0.29, 0.717) is 18.8 Å². The van der Waals surface area contributed by atoms with E-state index in [0.717, 1.165) is 11.1 Å². The fourth-order valence-electron chi connectivity index (χ4n) is 1.66. The van der Waals surface area contributed by atoms with Gasteiger partial charge in [-0.2, -0.15) is 5.10 Å². The van der Waals surface area contributed by atoms with E-state index < -0.39 is 24.8 Å². The van der Waals surface area contributed by atoms with Crippen molar-refractivity contribution in [3.63, 3.8) is 0 Å². The second-order valence-corrected chi connectivity index (χ2v) is 3.63. The minimum absolute atomic E-state index is 0.518. The maximum atomic E-state index is 12.8. The molecule has 1 N–H and O–H groups in total. The molecule has 1 aromatic rings. The Morgan fingerprint density at radius 2 is 2.27 bits per heavy atom. The third-order valence-electron chi connectivity index (χ3n) is 2.39. The van der Waals surface area contributed by atoms with Gasteiger partial charge in [-0.1, -0.05) is 0 Å². The van der Waals surface area contributed by atoms with Gasteiger partial charge in [0.25, 0.3) is 5.92 Å². The van der Waals surface area contributed by atoms with Crippen molar-refractivity contribution in [3.8, 4) is 0 Å². The summed E-state index contributed by atoms with van der Waals surface area (Å²) in [5, 5.41) is 12.2. The van der Waals surface area contributed by atoms with Gasteiger partial charge < -0.3 is 5.11 Å². The lowest BCUT2D eigenvalue weighted by molar-refractivity contribution is -0.0660. The van der Waals surface area contributed by atoms with Gasteiger partial charge in [-0.05, 0) is 6.42 Å². The number of nitrogens with zero attached hydrogens (tertiary/aromatic N) is 3. The zero-order valence-electron chi connectivity index (χ0n) is 7.99. The van der Waals surface area contributed by atoms with Crippen molar-refractivity contribution >= 4 is 0 Å². The molecule has 0 aromatic carbocycles. The molecule has 1 aromatic heterocycles. The molecule has 0 saturated carbocycles. The summed E-state index contributed by atoms with van der Waals surface area (Å²) in [6, 6.07) is 0. The highest BCUT2D eigenvalue weighted by atomic mass is 19.3. The first kappa shape index (κ1) is 10.3. The average molecular weight is 219 g/mol. The Bertz CT molecular complexity index is 424. The zero-order valence-corrected chi connectivity index (χ0v) is 7.99. The van der Waals surface area contributed by atoms with Gasteiger partial charge in [-0.25, -0.2) is 18.3 Å². The molecule has 2 rings (SSSR count). The van der Waals surface area contributed by atoms with Crippen molar-refractivity contribution in [1.29, 1.82) is 0 Å². The predicted octanol–water partition coefficient (Wildman–Crippen LogP) is -0.381. The predicted molar refractivity (Wildman–Crippen MR) is 46.8 cm³/mol. The Hall–Kier alpha value is -1.24. The molecule has 0 bridgehead atoms. The van der Waals surface area contributed by atoms with E-state index in [2.05, 4.69) is 5.10 Å². The molecular weight excluding hydrogens is 208 g/mol. The first-order valence-electron chi connectivity index (χ1n) is 4.69. The van der Waals surface area contributed by atoms with Crippen molar-refractivity contribution in [2.45, 2.75) is 31.9 Å². The van der Waals surface area contributed by atoms with Crippen LogP contribution in [-0.4, -0.2) is 32.0 Å². The van der Waals surface area contributed by atoms with Gasteiger partial charge in [0.2, 0.25) is 0 Å². The number of aromatic nitrogens is 3. The Balaban J connectivity index is 2.28. The molecule has 2 heterocycles. The van der Waals surface area contributed by atoms with Crippen LogP contribution >= 0.6 is 0 Å². The van der Waals surface area contributed by atoms with Crippen LogP contribution in [0.1, 0.15) is 12.2 Å². The van der Waals surface area contributed by atoms with Crippen LogP contribution in [0.4, 0.5) is 8.78 Å². The Morgan fingerprint density at radius 1 is 1.53 bits per heavy atom. The largest absolute Gasteiger partial charge is 0.390 e. The summed E-state index contributed by atoms with van der Waals surface area (Å²) in [5.74, 6) is -2.74. The number of aliphatic hydroxyl groups excluding tert-OH is 1. The summed E-state index contributed by atoms with van der Waals surface area (Å²) in [5.41, 5.74) is -0.518. The lowest BCUT2D eigenvalue weighted by atomic mass is 10.3. The number of hydrogen-bond acceptors (Lipinski definition) is 3. The number of hydrogen-bond donors (Lipinski definition) is 1. The lowest BCUT2D eigenvalue weighted by Gasteiger charge is -2.11. The minimum Gasteiger partial charge on any atom is -0.390 e. The minimum atomic E-state index is -3.29. The molecule has 84 valence electrons. The topological polar surface area (TPSA) is 60.1 Å². The maximum absolute atomic E-state index is 12.8. The van der Waals surface area contributed by atoms with Gasteiger partial charge in [0.05, 0.1) is 0 Å². The van der Waals surface area contributed by atoms with E-state index in [1.165, 1.54) is 4.57 Å². The maximum Gasteiger partial charge on any atom is 0.346 e. The molecule has 1 aliphatic rings. The second kappa shape index (κ2) is 3.41. The molecule has 7 heteroatoms. The van der Waals surface area contributed by atoms with E-state index in [1.54, 1.807) is 0 Å². The third-order valence-corrected chi connectivity index (χ3v) is 2.39. The molecule has 1 aliphatic heterocycles. The van der Waals surface area contributed by atoms with Crippen molar-refractivity contribution in [3.05, 3.63) is 16.3 Å². The van der Waals surface area contributed by atoms with Crippen LogP contribution in [-0.2, 0) is 19.5 Å². The molecule has 0 fully saturated rings. The monoisotopic (exact) mass is 219 g/mol. The number of halogens is 2. The van der Waals surface area contributed by atoms with Crippen LogP contribution in [0.25, 0.3) is 0 Å². The van der Waals surface area contributed by atoms with Crippen molar-refractivity contribution < 1.29 is 13.9 Å². The highest BCUT2D eigenvalue weighted by Crippen LogP contribution is 2.15. The molecular formula is C8H11F2N3O2. The van der Waals surface area contributed by atoms with Crippen LogP contribution in [0.5, 0.6) is 0 Å². The summed E-state index contributed by atoms with van der Waals surface area (Å²) in [4.78, 5) is 11.5.